The first-order valence-corrected chi connectivity index (χ1v) is 18.9. The summed E-state index contributed by atoms with van der Waals surface area (Å²) in [7, 11) is -6.74. The molecule has 242 valence electrons. The number of hydrogen-bond acceptors (Lipinski definition) is 12. The number of aliphatic hydroxyl groups excluding tert-OH is 1. The summed E-state index contributed by atoms with van der Waals surface area (Å²) in [6.07, 6.45) is -4.50. The van der Waals surface area contributed by atoms with Gasteiger partial charge in [0, 0.05) is 19.4 Å². The molecule has 0 aromatic carbocycles. The van der Waals surface area contributed by atoms with E-state index in [4.69, 9.17) is 38.9 Å². The maximum Gasteiger partial charge on any atom is 0.475 e. The number of phosphoric acid groups is 1. The summed E-state index contributed by atoms with van der Waals surface area (Å²) in [5, 5.41) is 16.1. The summed E-state index contributed by atoms with van der Waals surface area (Å²) < 4.78 is 62.7. The average molecular weight is 638 g/mol. The van der Waals surface area contributed by atoms with Gasteiger partial charge in [0.25, 0.3) is 0 Å². The number of rotatable bonds is 17. The smallest absolute Gasteiger partial charge is 0.459 e. The quantitative estimate of drug-likeness (QED) is 0.103. The highest BCUT2D eigenvalue weighted by Crippen LogP contribution is 2.54. The molecule has 8 atom stereocenters. The number of carbonyl (C=O) groups excluding carboxylic acids is 2. The standard InChI is InChI=1S/C27H49N2O11PSi/c1-9-29-23(31)11-12-24(32)38-20-15-18(2)36-22(20)17-35-41(33,34-14-10-13-28)39-26-21(16-30)37-19(3)25(26)40-42(7,8)27(4,5)6/h18-22,25-26,30H,9-12,14-17H2,1-8H3,(H,29,31)/t18-,19-,20?,21+,22+,25+,26?,41?/m0/s1/i30D. The van der Waals surface area contributed by atoms with Crippen molar-refractivity contribution in [3.8, 4) is 6.07 Å². The van der Waals surface area contributed by atoms with Crippen LogP contribution in [-0.2, 0) is 46.4 Å². The Hall–Kier alpha value is -1.40. The summed E-state index contributed by atoms with van der Waals surface area (Å²) in [4.78, 5) is 24.2. The zero-order valence-electron chi connectivity index (χ0n) is 27.1. The van der Waals surface area contributed by atoms with Crippen LogP contribution in [0.5, 0.6) is 0 Å². The van der Waals surface area contributed by atoms with Gasteiger partial charge in [-0.3, -0.25) is 23.2 Å². The van der Waals surface area contributed by atoms with Crippen LogP contribution in [0.1, 0.15) is 67.2 Å². The van der Waals surface area contributed by atoms with Crippen LogP contribution in [0.25, 0.3) is 0 Å². The molecule has 0 saturated carbocycles. The maximum atomic E-state index is 14.0. The normalized spacial score (nSPS) is 29.9. The molecule has 2 heterocycles. The van der Waals surface area contributed by atoms with E-state index >= 15 is 0 Å². The average Bonchev–Trinajstić information content (AvgIpc) is 3.39. The van der Waals surface area contributed by atoms with E-state index in [0.717, 1.165) is 0 Å². The molecular weight excluding hydrogens is 587 g/mol. The molecule has 2 aliphatic heterocycles. The van der Waals surface area contributed by atoms with Crippen LogP contribution in [0.2, 0.25) is 18.1 Å². The van der Waals surface area contributed by atoms with Gasteiger partial charge in [0.05, 0.1) is 50.9 Å². The Morgan fingerprint density at radius 1 is 1.17 bits per heavy atom. The minimum atomic E-state index is -4.38. The van der Waals surface area contributed by atoms with Crippen LogP contribution in [-0.4, -0.2) is 95.8 Å². The van der Waals surface area contributed by atoms with Gasteiger partial charge in [0.15, 0.2) is 8.32 Å². The Bertz CT molecular complexity index is 1010. The van der Waals surface area contributed by atoms with E-state index in [-0.39, 0.29) is 56.1 Å². The van der Waals surface area contributed by atoms with Gasteiger partial charge in [-0.25, -0.2) is 4.57 Å². The lowest BCUT2D eigenvalue weighted by Crippen LogP contribution is -2.49. The second kappa shape index (κ2) is 16.1. The van der Waals surface area contributed by atoms with Crippen LogP contribution in [0.15, 0.2) is 0 Å². The van der Waals surface area contributed by atoms with Crippen molar-refractivity contribution in [1.29, 1.82) is 6.69 Å². The number of hydrogen-bond donors (Lipinski definition) is 2. The van der Waals surface area contributed by atoms with E-state index in [1.165, 1.54) is 0 Å². The third-order valence-electron chi connectivity index (χ3n) is 7.65. The van der Waals surface area contributed by atoms with E-state index in [1.54, 1.807) is 20.8 Å². The maximum absolute atomic E-state index is 14.0. The molecule has 0 aliphatic carbocycles. The molecule has 0 bridgehead atoms. The first-order chi connectivity index (χ1) is 20.1. The highest BCUT2D eigenvalue weighted by molar-refractivity contribution is 7.48. The number of nitrogens with one attached hydrogen (secondary N) is 1. The predicted octanol–water partition coefficient (Wildman–Crippen LogP) is 3.60. The highest BCUT2D eigenvalue weighted by atomic mass is 31.2. The number of ether oxygens (including phenoxy) is 3. The molecular formula is C27H49N2O11PSi. The van der Waals surface area contributed by atoms with Gasteiger partial charge in [-0.2, -0.15) is 5.26 Å². The molecule has 2 aliphatic rings. The number of carbonyl (C=O) groups is 2. The van der Waals surface area contributed by atoms with Crippen molar-refractivity contribution < 1.29 is 51.5 Å². The topological polar surface area (TPSA) is 172 Å². The summed E-state index contributed by atoms with van der Waals surface area (Å²) >= 11 is 0. The van der Waals surface area contributed by atoms with Gasteiger partial charge >= 0.3 is 13.8 Å². The summed E-state index contributed by atoms with van der Waals surface area (Å²) in [5.41, 5.74) is 0. The Labute approximate surface area is 252 Å². The van der Waals surface area contributed by atoms with Crippen molar-refractivity contribution >= 4 is 28.0 Å². The molecule has 3 unspecified atom stereocenters. The second-order valence-corrected chi connectivity index (χ2v) is 18.5. The van der Waals surface area contributed by atoms with Gasteiger partial charge in [-0.05, 0) is 38.9 Å². The number of aliphatic hydroxyl groups is 1. The molecule has 0 spiro atoms. The van der Waals surface area contributed by atoms with Crippen LogP contribution in [0, 0.1) is 11.3 Å². The molecule has 2 rings (SSSR count). The Morgan fingerprint density at radius 3 is 2.50 bits per heavy atom. The zero-order chi connectivity index (χ0) is 32.4. The Balaban J connectivity index is 2.20. The minimum absolute atomic E-state index is 0.00403. The molecule has 42 heavy (non-hydrogen) atoms. The fourth-order valence-electron chi connectivity index (χ4n) is 4.39. The number of esters is 1. The first kappa shape index (κ1) is 35.1. The molecule has 13 nitrogen and oxygen atoms in total. The van der Waals surface area contributed by atoms with E-state index in [2.05, 4.69) is 44.3 Å². The Kier molecular flexibility index (Phi) is 13.4. The van der Waals surface area contributed by atoms with E-state index in [9.17, 15) is 14.2 Å². The highest BCUT2D eigenvalue weighted by Gasteiger charge is 2.52. The van der Waals surface area contributed by atoms with Crippen molar-refractivity contribution in [2.24, 2.45) is 0 Å². The third-order valence-corrected chi connectivity index (χ3v) is 13.6. The van der Waals surface area contributed by atoms with Gasteiger partial charge < -0.3 is 29.1 Å². The van der Waals surface area contributed by atoms with Crippen molar-refractivity contribution in [2.75, 3.05) is 26.4 Å². The van der Waals surface area contributed by atoms with E-state index in [0.29, 0.717) is 13.0 Å². The number of amides is 1. The first-order valence-electron chi connectivity index (χ1n) is 14.9. The van der Waals surface area contributed by atoms with Gasteiger partial charge in [0.2, 0.25) is 7.34 Å². The molecule has 0 aromatic rings. The molecule has 2 saturated heterocycles. The van der Waals surface area contributed by atoms with E-state index in [1.807, 2.05) is 6.07 Å². The fourth-order valence-corrected chi connectivity index (χ4v) is 7.14. The summed E-state index contributed by atoms with van der Waals surface area (Å²) in [5.74, 6) is -0.817. The summed E-state index contributed by atoms with van der Waals surface area (Å²) in [6.45, 7) is 15.6. The van der Waals surface area contributed by atoms with Crippen molar-refractivity contribution in [3.63, 3.8) is 0 Å². The molecule has 2 fully saturated rings. The number of nitrogens with zero attached hydrogens (tertiary/aromatic N) is 1. The zero-order valence-corrected chi connectivity index (χ0v) is 28.0. The lowest BCUT2D eigenvalue weighted by Gasteiger charge is -2.40. The molecule has 0 aromatic heterocycles. The monoisotopic (exact) mass is 637 g/mol. The number of nitriles is 1. The fraction of sp³-hybridized carbons (Fsp3) is 0.889. The van der Waals surface area contributed by atoms with Gasteiger partial charge in [-0.1, -0.05) is 20.8 Å². The van der Waals surface area contributed by atoms with Crippen LogP contribution in [0.4, 0.5) is 0 Å². The van der Waals surface area contributed by atoms with Crippen LogP contribution in [0.3, 0.4) is 0 Å². The second-order valence-electron chi connectivity index (χ2n) is 12.1. The summed E-state index contributed by atoms with van der Waals surface area (Å²) in [6, 6.07) is 1.93. The predicted molar refractivity (Wildman–Crippen MR) is 155 cm³/mol. The van der Waals surface area contributed by atoms with Crippen LogP contribution < -0.4 is 5.32 Å². The SMILES string of the molecule is [2H]OC[C@H]1O[C@@H](C)[C@@H](O[Si](C)(C)C(C)(C)C)C1OP(=O)(OCCC#N)OC[C@H]1O[C@@H](C)CC1OC(=O)CCC(=O)NCC. The minimum Gasteiger partial charge on any atom is -0.459 e. The molecule has 15 heteroatoms. The van der Waals surface area contributed by atoms with Crippen LogP contribution >= 0.6 is 7.82 Å². The van der Waals surface area contributed by atoms with Crippen molar-refractivity contribution in [2.45, 2.75) is 128 Å². The Morgan fingerprint density at radius 2 is 1.88 bits per heavy atom. The molecule has 2 N–H and O–H groups in total. The van der Waals surface area contributed by atoms with Gasteiger partial charge in [-0.15, -0.1) is 0 Å². The van der Waals surface area contributed by atoms with E-state index < -0.39 is 58.7 Å². The lowest BCUT2D eigenvalue weighted by molar-refractivity contribution is -0.153. The third kappa shape index (κ3) is 10.6. The number of phosphoric ester groups is 1. The van der Waals surface area contributed by atoms with Crippen molar-refractivity contribution in [1.82, 2.24) is 5.32 Å². The largest absolute Gasteiger partial charge is 0.475 e. The lowest BCUT2D eigenvalue weighted by atomic mass is 10.1. The van der Waals surface area contributed by atoms with Crippen molar-refractivity contribution in [3.05, 3.63) is 0 Å². The molecule has 0 radical (unpaired) electrons. The molecule has 1 amide bonds. The van der Waals surface area contributed by atoms with Gasteiger partial charge in [0.1, 0.15) is 30.5 Å².